The second-order valence-electron chi connectivity index (χ2n) is 11.9. The van der Waals surface area contributed by atoms with E-state index in [2.05, 4.69) is 53.6 Å². The van der Waals surface area contributed by atoms with Crippen LogP contribution in [0.25, 0.3) is 11.4 Å². The molecule has 0 saturated carbocycles. The van der Waals surface area contributed by atoms with Crippen molar-refractivity contribution in [1.82, 2.24) is 34.5 Å². The van der Waals surface area contributed by atoms with E-state index >= 15 is 0 Å². The number of hydrogen-bond acceptors (Lipinski definition) is 9. The number of aromatic hydroxyl groups is 1. The molecule has 1 fully saturated rings. The van der Waals surface area contributed by atoms with Gasteiger partial charge < -0.3 is 19.6 Å². The van der Waals surface area contributed by atoms with E-state index in [1.807, 2.05) is 12.1 Å². The number of carbonyl (C=O) groups excluding carboxylic acids is 2. The van der Waals surface area contributed by atoms with Crippen molar-refractivity contribution < 1.29 is 19.4 Å². The summed E-state index contributed by atoms with van der Waals surface area (Å²) in [5.74, 6) is 1.14. The summed E-state index contributed by atoms with van der Waals surface area (Å²) in [4.78, 5) is 43.8. The van der Waals surface area contributed by atoms with Crippen molar-refractivity contribution in [3.8, 4) is 22.9 Å². The molecule has 43 heavy (non-hydrogen) atoms. The fourth-order valence-corrected chi connectivity index (χ4v) is 5.82. The molecule has 11 nitrogen and oxygen atoms in total. The minimum absolute atomic E-state index is 0.00237. The Morgan fingerprint density at radius 2 is 1.77 bits per heavy atom. The molecule has 1 N–H and O–H groups in total. The zero-order valence-corrected chi connectivity index (χ0v) is 26.0. The minimum atomic E-state index is -0.346. The molecule has 2 aromatic heterocycles. The van der Waals surface area contributed by atoms with Crippen LogP contribution in [-0.4, -0.2) is 83.2 Å². The van der Waals surface area contributed by atoms with Gasteiger partial charge in [-0.1, -0.05) is 20.3 Å². The third-order valence-corrected chi connectivity index (χ3v) is 8.17. The van der Waals surface area contributed by atoms with Crippen LogP contribution in [0.2, 0.25) is 0 Å². The van der Waals surface area contributed by atoms with Gasteiger partial charge in [0.15, 0.2) is 17.3 Å². The third-order valence-electron chi connectivity index (χ3n) is 8.17. The molecule has 0 unspecified atom stereocenters. The lowest BCUT2D eigenvalue weighted by molar-refractivity contribution is 0.0643. The molecule has 0 spiro atoms. The normalized spacial score (nSPS) is 16.5. The number of rotatable bonds is 8. The molecular formula is C32H41N7O4. The predicted octanol–water partition coefficient (Wildman–Crippen LogP) is 4.72. The number of aryl methyl sites for hydroxylation is 2. The van der Waals surface area contributed by atoms with Gasteiger partial charge in [-0.3, -0.25) is 9.59 Å². The molecule has 2 aliphatic heterocycles. The third kappa shape index (κ3) is 6.11. The fraction of sp³-hybridized carbons (Fsp3) is 0.500. The van der Waals surface area contributed by atoms with Crippen LogP contribution in [-0.2, 0) is 6.42 Å². The van der Waals surface area contributed by atoms with Crippen molar-refractivity contribution in [1.29, 1.82) is 0 Å². The van der Waals surface area contributed by atoms with Gasteiger partial charge in [0.25, 0.3) is 11.8 Å². The number of allylic oxidation sites excluding steroid dienone is 2. The van der Waals surface area contributed by atoms with E-state index in [9.17, 15) is 14.7 Å². The molecule has 1 saturated heterocycles. The van der Waals surface area contributed by atoms with Crippen molar-refractivity contribution in [2.45, 2.75) is 79.2 Å². The van der Waals surface area contributed by atoms with Crippen molar-refractivity contribution >= 4 is 11.8 Å². The van der Waals surface area contributed by atoms with Gasteiger partial charge in [0.1, 0.15) is 29.2 Å². The van der Waals surface area contributed by atoms with Crippen molar-refractivity contribution in [2.75, 3.05) is 26.2 Å². The molecule has 1 aromatic carbocycles. The second-order valence-corrected chi connectivity index (χ2v) is 11.9. The summed E-state index contributed by atoms with van der Waals surface area (Å²) in [6.45, 7) is 13.5. The van der Waals surface area contributed by atoms with Crippen LogP contribution in [0.4, 0.5) is 0 Å². The second kappa shape index (κ2) is 12.1. The van der Waals surface area contributed by atoms with E-state index in [4.69, 9.17) is 9.84 Å². The van der Waals surface area contributed by atoms with Gasteiger partial charge in [-0.15, -0.1) is 5.10 Å². The van der Waals surface area contributed by atoms with Gasteiger partial charge >= 0.3 is 0 Å². The van der Waals surface area contributed by atoms with Crippen LogP contribution < -0.4 is 4.74 Å². The van der Waals surface area contributed by atoms with E-state index in [-0.39, 0.29) is 28.9 Å². The van der Waals surface area contributed by atoms with Crippen LogP contribution in [0.1, 0.15) is 85.7 Å². The maximum atomic E-state index is 14.3. The number of unbranched alkanes of at least 4 members (excludes halogenated alkanes) is 1. The van der Waals surface area contributed by atoms with Crippen LogP contribution in [0.5, 0.6) is 11.5 Å². The molecule has 1 amide bonds. The molecule has 0 radical (unpaired) electrons. The lowest BCUT2D eigenvalue weighted by Crippen LogP contribution is -2.50. The summed E-state index contributed by atoms with van der Waals surface area (Å²) in [5.41, 5.74) is 3.76. The predicted molar refractivity (Wildman–Crippen MR) is 162 cm³/mol. The van der Waals surface area contributed by atoms with Gasteiger partial charge in [0, 0.05) is 38.2 Å². The average Bonchev–Trinajstić information content (AvgIpc) is 3.53. The Balaban J connectivity index is 1.41. The van der Waals surface area contributed by atoms with E-state index < -0.39 is 0 Å². The first-order valence-electron chi connectivity index (χ1n) is 15.1. The number of piperazine rings is 1. The summed E-state index contributed by atoms with van der Waals surface area (Å²) >= 11 is 0. The number of benzene rings is 1. The molecule has 2 aliphatic rings. The number of nitrogens with zero attached hydrogens (tertiary/aromatic N) is 7. The van der Waals surface area contributed by atoms with Crippen LogP contribution >= 0.6 is 0 Å². The highest BCUT2D eigenvalue weighted by atomic mass is 16.5. The average molecular weight is 588 g/mol. The molecule has 228 valence electrons. The number of amides is 1. The van der Waals surface area contributed by atoms with E-state index in [1.54, 1.807) is 18.7 Å². The lowest BCUT2D eigenvalue weighted by atomic mass is 10.00. The zero-order valence-electron chi connectivity index (χ0n) is 26.0. The Labute approximate surface area is 252 Å². The molecule has 5 rings (SSSR count). The number of fused-ring (bicyclic) bond motifs is 1. The quantitative estimate of drug-likeness (QED) is 0.372. The lowest BCUT2D eigenvalue weighted by Gasteiger charge is -2.37. The summed E-state index contributed by atoms with van der Waals surface area (Å²) < 4.78 is 7.44. The van der Waals surface area contributed by atoms with Gasteiger partial charge in [0.2, 0.25) is 0 Å². The smallest absolute Gasteiger partial charge is 0.296 e. The fourth-order valence-electron chi connectivity index (χ4n) is 5.82. The van der Waals surface area contributed by atoms with Crippen molar-refractivity contribution in [3.05, 3.63) is 58.6 Å². The maximum absolute atomic E-state index is 14.3. The number of carbonyl (C=O) groups is 2. The van der Waals surface area contributed by atoms with Crippen molar-refractivity contribution in [3.63, 3.8) is 0 Å². The van der Waals surface area contributed by atoms with Gasteiger partial charge in [0.05, 0.1) is 5.69 Å². The van der Waals surface area contributed by atoms with E-state index in [1.165, 1.54) is 11.0 Å². The highest BCUT2D eigenvalue weighted by Gasteiger charge is 2.33. The minimum Gasteiger partial charge on any atom is -0.504 e. The first-order chi connectivity index (χ1) is 20.5. The Morgan fingerprint density at radius 3 is 2.47 bits per heavy atom. The van der Waals surface area contributed by atoms with E-state index in [0.717, 1.165) is 54.6 Å². The summed E-state index contributed by atoms with van der Waals surface area (Å²) in [6, 6.07) is 5.94. The maximum Gasteiger partial charge on any atom is 0.296 e. The molecule has 0 bridgehead atoms. The standard InChI is InChI=1S/C32H41N7O4/c1-7-9-10-22(8-2)27(37-13-15-38(16-14-37)30(41)26-28(40)20(3)33-19-34-26)31(42)39-21(4)35-29(36-39)23-11-12-25-24(17-23)18-32(5,6)43-25/h11-12,17,19,40H,7-10,13-16,18H2,1-6H3/b27-22+. The molecular weight excluding hydrogens is 546 g/mol. The highest BCUT2D eigenvalue weighted by molar-refractivity contribution is 5.96. The summed E-state index contributed by atoms with van der Waals surface area (Å²) in [6.07, 6.45) is 5.60. The molecule has 0 atom stereocenters. The molecule has 11 heteroatoms. The van der Waals surface area contributed by atoms with E-state index in [0.29, 0.717) is 49.2 Å². The topological polar surface area (TPSA) is 127 Å². The molecule has 0 aliphatic carbocycles. The van der Waals surface area contributed by atoms with Crippen LogP contribution in [0.15, 0.2) is 35.8 Å². The first-order valence-corrected chi connectivity index (χ1v) is 15.1. The Hall–Kier alpha value is -4.28. The number of aromatic nitrogens is 5. The number of ether oxygens (including phenoxy) is 1. The summed E-state index contributed by atoms with van der Waals surface area (Å²) in [7, 11) is 0. The van der Waals surface area contributed by atoms with Crippen LogP contribution in [0, 0.1) is 13.8 Å². The SMILES string of the molecule is CCCC/C(CC)=C(\C(=O)n1nc(-c2ccc3c(c2)CC(C)(C)O3)nc1C)N1CCN(C(=O)c2ncnc(C)c2O)CC1. The van der Waals surface area contributed by atoms with Crippen LogP contribution in [0.3, 0.4) is 0 Å². The van der Waals surface area contributed by atoms with Gasteiger partial charge in [-0.05, 0) is 76.3 Å². The Morgan fingerprint density at radius 1 is 1.05 bits per heavy atom. The van der Waals surface area contributed by atoms with Crippen molar-refractivity contribution in [2.24, 2.45) is 0 Å². The monoisotopic (exact) mass is 587 g/mol. The largest absolute Gasteiger partial charge is 0.504 e. The molecule has 3 aromatic rings. The molecule has 4 heterocycles. The Kier molecular flexibility index (Phi) is 8.52. The highest BCUT2D eigenvalue weighted by Crippen LogP contribution is 2.37. The summed E-state index contributed by atoms with van der Waals surface area (Å²) in [5, 5.41) is 15.1. The van der Waals surface area contributed by atoms with Gasteiger partial charge in [-0.25, -0.2) is 15.0 Å². The Bertz CT molecular complexity index is 1570. The number of hydrogen-bond donors (Lipinski definition) is 1. The first kappa shape index (κ1) is 30.2. The zero-order chi connectivity index (χ0) is 30.9. The van der Waals surface area contributed by atoms with Gasteiger partial charge in [-0.2, -0.15) is 4.68 Å².